The van der Waals surface area contributed by atoms with E-state index in [1.165, 1.54) is 6.08 Å². The SMILES string of the molecule is CC.O=C(O)CNC(=O)/C=C/C=C/c1ccccc1. The minimum Gasteiger partial charge on any atom is -0.480 e. The Morgan fingerprint density at radius 2 is 1.79 bits per heavy atom. The van der Waals surface area contributed by atoms with Gasteiger partial charge in [-0.15, -0.1) is 0 Å². The fourth-order valence-corrected chi connectivity index (χ4v) is 1.10. The number of carbonyl (C=O) groups excluding carboxylic acids is 1. The van der Waals surface area contributed by atoms with Gasteiger partial charge in [0.05, 0.1) is 0 Å². The summed E-state index contributed by atoms with van der Waals surface area (Å²) in [7, 11) is 0. The molecule has 0 unspecified atom stereocenters. The maximum atomic E-state index is 11.1. The molecule has 0 saturated heterocycles. The zero-order valence-electron chi connectivity index (χ0n) is 11.2. The third-order valence-electron chi connectivity index (χ3n) is 1.86. The summed E-state index contributed by atoms with van der Waals surface area (Å²) in [4.78, 5) is 21.2. The number of benzene rings is 1. The number of hydrogen-bond donors (Lipinski definition) is 2. The molecule has 19 heavy (non-hydrogen) atoms. The average molecular weight is 261 g/mol. The summed E-state index contributed by atoms with van der Waals surface area (Å²) in [6.07, 6.45) is 6.41. The van der Waals surface area contributed by atoms with Gasteiger partial charge in [0.2, 0.25) is 5.91 Å². The van der Waals surface area contributed by atoms with Crippen LogP contribution in [0.5, 0.6) is 0 Å². The maximum absolute atomic E-state index is 11.1. The Labute approximate surface area is 113 Å². The molecule has 0 bridgehead atoms. The molecule has 4 nitrogen and oxygen atoms in total. The van der Waals surface area contributed by atoms with Crippen LogP contribution >= 0.6 is 0 Å². The van der Waals surface area contributed by atoms with Crippen LogP contribution in [0.3, 0.4) is 0 Å². The van der Waals surface area contributed by atoms with Gasteiger partial charge in [-0.1, -0.05) is 62.4 Å². The smallest absolute Gasteiger partial charge is 0.322 e. The fraction of sp³-hybridized carbons (Fsp3) is 0.200. The molecule has 0 atom stereocenters. The number of nitrogens with one attached hydrogen (secondary N) is 1. The fourth-order valence-electron chi connectivity index (χ4n) is 1.10. The first-order valence-electron chi connectivity index (χ1n) is 6.08. The van der Waals surface area contributed by atoms with Gasteiger partial charge in [-0.2, -0.15) is 0 Å². The Morgan fingerprint density at radius 1 is 1.16 bits per heavy atom. The van der Waals surface area contributed by atoms with Crippen LogP contribution in [-0.2, 0) is 9.59 Å². The number of carboxylic acid groups (broad SMARTS) is 1. The summed E-state index contributed by atoms with van der Waals surface area (Å²) in [6, 6.07) is 9.64. The molecule has 1 rings (SSSR count). The number of aliphatic carboxylic acids is 1. The first-order valence-corrected chi connectivity index (χ1v) is 6.08. The van der Waals surface area contributed by atoms with Crippen molar-refractivity contribution in [1.29, 1.82) is 0 Å². The molecule has 0 radical (unpaired) electrons. The van der Waals surface area contributed by atoms with Gasteiger partial charge in [0.25, 0.3) is 0 Å². The van der Waals surface area contributed by atoms with E-state index in [2.05, 4.69) is 5.32 Å². The van der Waals surface area contributed by atoms with Crippen LogP contribution in [0.2, 0.25) is 0 Å². The van der Waals surface area contributed by atoms with Crippen molar-refractivity contribution in [2.75, 3.05) is 6.54 Å². The second-order valence-electron chi connectivity index (χ2n) is 3.24. The number of allylic oxidation sites excluding steroid dienone is 2. The zero-order chi connectivity index (χ0) is 14.5. The minimum atomic E-state index is -1.06. The summed E-state index contributed by atoms with van der Waals surface area (Å²) < 4.78 is 0. The van der Waals surface area contributed by atoms with Gasteiger partial charge in [0.15, 0.2) is 0 Å². The van der Waals surface area contributed by atoms with Crippen molar-refractivity contribution >= 4 is 18.0 Å². The normalized spacial score (nSPS) is 10.0. The highest BCUT2D eigenvalue weighted by Gasteiger charge is 1.97. The second kappa shape index (κ2) is 10.8. The minimum absolute atomic E-state index is 0.369. The lowest BCUT2D eigenvalue weighted by atomic mass is 10.2. The van der Waals surface area contributed by atoms with Crippen LogP contribution in [0, 0.1) is 0 Å². The standard InChI is InChI=1S/C13H13NO3.C2H6/c15-12(14-10-13(16)17)9-5-4-8-11-6-2-1-3-7-11;1-2/h1-9H,10H2,(H,14,15)(H,16,17);1-2H3/b8-4+,9-5+;. The molecule has 0 fully saturated rings. The molecule has 0 aliphatic carbocycles. The van der Waals surface area contributed by atoms with Crippen LogP contribution in [0.15, 0.2) is 48.6 Å². The summed E-state index contributed by atoms with van der Waals surface area (Å²) in [5.41, 5.74) is 1.03. The van der Waals surface area contributed by atoms with Crippen molar-refractivity contribution in [2.45, 2.75) is 13.8 Å². The van der Waals surface area contributed by atoms with Crippen molar-refractivity contribution in [2.24, 2.45) is 0 Å². The highest BCUT2D eigenvalue weighted by molar-refractivity contribution is 5.90. The molecule has 0 saturated carbocycles. The van der Waals surface area contributed by atoms with E-state index in [9.17, 15) is 9.59 Å². The molecule has 0 spiro atoms. The lowest BCUT2D eigenvalue weighted by molar-refractivity contribution is -0.137. The topological polar surface area (TPSA) is 66.4 Å². The van der Waals surface area contributed by atoms with Crippen molar-refractivity contribution in [3.63, 3.8) is 0 Å². The van der Waals surface area contributed by atoms with Gasteiger partial charge in [-0.3, -0.25) is 9.59 Å². The number of carbonyl (C=O) groups is 2. The Kier molecular flexibility index (Phi) is 9.43. The Hall–Kier alpha value is -2.36. The Bertz CT molecular complexity index is 436. The van der Waals surface area contributed by atoms with E-state index in [-0.39, 0.29) is 6.54 Å². The third-order valence-corrected chi connectivity index (χ3v) is 1.86. The molecule has 0 aliphatic heterocycles. The van der Waals surface area contributed by atoms with Crippen molar-refractivity contribution in [1.82, 2.24) is 5.32 Å². The maximum Gasteiger partial charge on any atom is 0.322 e. The van der Waals surface area contributed by atoms with Crippen molar-refractivity contribution in [3.05, 3.63) is 54.1 Å². The van der Waals surface area contributed by atoms with E-state index in [1.54, 1.807) is 12.2 Å². The van der Waals surface area contributed by atoms with E-state index in [1.807, 2.05) is 50.3 Å². The summed E-state index contributed by atoms with van der Waals surface area (Å²) >= 11 is 0. The predicted octanol–water partition coefficient (Wildman–Crippen LogP) is 2.48. The van der Waals surface area contributed by atoms with Crippen molar-refractivity contribution in [3.8, 4) is 0 Å². The molecule has 4 heteroatoms. The number of amides is 1. The van der Waals surface area contributed by atoms with Gasteiger partial charge in [-0.25, -0.2) is 0 Å². The van der Waals surface area contributed by atoms with Gasteiger partial charge >= 0.3 is 5.97 Å². The van der Waals surface area contributed by atoms with Crippen LogP contribution in [0.25, 0.3) is 6.08 Å². The first-order chi connectivity index (χ1) is 9.18. The van der Waals surface area contributed by atoms with Gasteiger partial charge < -0.3 is 10.4 Å². The third kappa shape index (κ3) is 9.35. The van der Waals surface area contributed by atoms with E-state index < -0.39 is 11.9 Å². The van der Waals surface area contributed by atoms with Gasteiger partial charge in [0.1, 0.15) is 6.54 Å². The monoisotopic (exact) mass is 261 g/mol. The quantitative estimate of drug-likeness (QED) is 0.632. The highest BCUT2D eigenvalue weighted by Crippen LogP contribution is 2.00. The molecule has 0 aliphatic rings. The number of rotatable bonds is 5. The first kappa shape index (κ1) is 16.6. The molecule has 102 valence electrons. The predicted molar refractivity (Wildman–Crippen MR) is 76.6 cm³/mol. The highest BCUT2D eigenvalue weighted by atomic mass is 16.4. The molecule has 2 N–H and O–H groups in total. The molecule has 1 aromatic rings. The summed E-state index contributed by atoms with van der Waals surface area (Å²) in [5, 5.41) is 10.6. The second-order valence-corrected chi connectivity index (χ2v) is 3.24. The molecule has 1 amide bonds. The van der Waals surface area contributed by atoms with Gasteiger partial charge in [-0.05, 0) is 5.56 Å². The molecule has 0 aromatic heterocycles. The van der Waals surface area contributed by atoms with Gasteiger partial charge in [0, 0.05) is 6.08 Å². The van der Waals surface area contributed by atoms with Crippen LogP contribution < -0.4 is 5.32 Å². The lowest BCUT2D eigenvalue weighted by Gasteiger charge is -1.94. The molecule has 1 aromatic carbocycles. The van der Waals surface area contributed by atoms with Crippen LogP contribution in [0.4, 0.5) is 0 Å². The lowest BCUT2D eigenvalue weighted by Crippen LogP contribution is -2.27. The van der Waals surface area contributed by atoms with E-state index in [0.717, 1.165) is 5.56 Å². The number of carboxylic acids is 1. The Morgan fingerprint density at radius 3 is 2.37 bits per heavy atom. The zero-order valence-corrected chi connectivity index (χ0v) is 11.2. The van der Waals surface area contributed by atoms with Crippen molar-refractivity contribution < 1.29 is 14.7 Å². The average Bonchev–Trinajstić information content (AvgIpc) is 2.45. The molecular weight excluding hydrogens is 242 g/mol. The Balaban J connectivity index is 0.00000154. The number of hydrogen-bond acceptors (Lipinski definition) is 2. The van der Waals surface area contributed by atoms with E-state index in [4.69, 9.17) is 5.11 Å². The van der Waals surface area contributed by atoms with E-state index >= 15 is 0 Å². The van der Waals surface area contributed by atoms with Crippen LogP contribution in [-0.4, -0.2) is 23.5 Å². The van der Waals surface area contributed by atoms with E-state index in [0.29, 0.717) is 0 Å². The summed E-state index contributed by atoms with van der Waals surface area (Å²) in [5.74, 6) is -1.49. The van der Waals surface area contributed by atoms with Crippen LogP contribution in [0.1, 0.15) is 19.4 Å². The molecular formula is C15H19NO3. The largest absolute Gasteiger partial charge is 0.480 e. The molecule has 0 heterocycles. The summed E-state index contributed by atoms with van der Waals surface area (Å²) in [6.45, 7) is 3.63.